The van der Waals surface area contributed by atoms with Crippen LogP contribution in [0.3, 0.4) is 0 Å². The number of halogens is 3. The second-order valence-corrected chi connectivity index (χ2v) is 9.37. The van der Waals surface area contributed by atoms with E-state index in [0.717, 1.165) is 36.5 Å². The molecule has 0 atom stereocenters. The number of ether oxygens (including phenoxy) is 1. The highest BCUT2D eigenvalue weighted by molar-refractivity contribution is 6.36. The van der Waals surface area contributed by atoms with Gasteiger partial charge < -0.3 is 9.84 Å². The first kappa shape index (κ1) is 28.2. The number of benzene rings is 2. The average molecular weight is 556 g/mol. The fourth-order valence-electron chi connectivity index (χ4n) is 4.26. The van der Waals surface area contributed by atoms with Gasteiger partial charge in [0.2, 0.25) is 5.91 Å². The van der Waals surface area contributed by atoms with Crippen molar-refractivity contribution < 1.29 is 19.4 Å². The molecule has 0 spiro atoms. The summed E-state index contributed by atoms with van der Waals surface area (Å²) in [4.78, 5) is 28.5. The van der Waals surface area contributed by atoms with Gasteiger partial charge in [0.1, 0.15) is 0 Å². The largest absolute Gasteiger partial charge is 0.465 e. The van der Waals surface area contributed by atoms with E-state index in [1.165, 1.54) is 9.91 Å². The van der Waals surface area contributed by atoms with E-state index < -0.39 is 6.09 Å². The Morgan fingerprint density at radius 1 is 1.08 bits per heavy atom. The Kier molecular flexibility index (Phi) is 10.4. The molecule has 1 saturated heterocycles. The van der Waals surface area contributed by atoms with Crippen LogP contribution in [0, 0.1) is 0 Å². The van der Waals surface area contributed by atoms with Crippen molar-refractivity contribution in [3.8, 4) is 0 Å². The second-order valence-electron chi connectivity index (χ2n) is 8.53. The Bertz CT molecular complexity index is 1110. The number of hydrazone groups is 1. The number of nitrogens with zero attached hydrogens (tertiary/aromatic N) is 4. The lowest BCUT2D eigenvalue weighted by Gasteiger charge is -2.27. The maximum atomic E-state index is 12.9. The van der Waals surface area contributed by atoms with Crippen LogP contribution in [0.1, 0.15) is 24.0 Å². The van der Waals surface area contributed by atoms with E-state index in [4.69, 9.17) is 27.9 Å². The fourth-order valence-corrected chi connectivity index (χ4v) is 4.66. The lowest BCUT2D eigenvalue weighted by atomic mass is 10.1. The van der Waals surface area contributed by atoms with Gasteiger partial charge in [-0.05, 0) is 42.3 Å². The summed E-state index contributed by atoms with van der Waals surface area (Å²) in [6.45, 7) is 4.82. The highest BCUT2D eigenvalue weighted by atomic mass is 35.5. The van der Waals surface area contributed by atoms with Gasteiger partial charge in [0.05, 0.1) is 31.9 Å². The highest BCUT2D eigenvalue weighted by Crippen LogP contribution is 2.25. The molecule has 0 unspecified atom stereocenters. The van der Waals surface area contributed by atoms with Crippen LogP contribution in [0.4, 0.5) is 10.5 Å². The third-order valence-corrected chi connectivity index (χ3v) is 6.66. The topological polar surface area (TPSA) is 85.7 Å². The summed E-state index contributed by atoms with van der Waals surface area (Å²) in [7, 11) is 0. The minimum atomic E-state index is -1.01. The summed E-state index contributed by atoms with van der Waals surface area (Å²) < 4.78 is 5.36. The summed E-state index contributed by atoms with van der Waals surface area (Å²) in [5, 5.41) is 16.8. The van der Waals surface area contributed by atoms with Crippen LogP contribution in [0.2, 0.25) is 10.0 Å². The average Bonchev–Trinajstić information content (AvgIpc) is 3.34. The molecule has 2 aliphatic heterocycles. The van der Waals surface area contributed by atoms with Crippen molar-refractivity contribution in [2.75, 3.05) is 50.8 Å². The molecular weight excluding hydrogens is 527 g/mol. The van der Waals surface area contributed by atoms with Crippen molar-refractivity contribution in [2.24, 2.45) is 5.10 Å². The Hall–Kier alpha value is -2.36. The highest BCUT2D eigenvalue weighted by Gasteiger charge is 2.24. The molecule has 0 saturated carbocycles. The molecule has 0 aliphatic carbocycles. The number of carbonyl (C=O) groups is 2. The van der Waals surface area contributed by atoms with Gasteiger partial charge in [-0.15, -0.1) is 12.4 Å². The van der Waals surface area contributed by atoms with E-state index in [9.17, 15) is 14.7 Å². The van der Waals surface area contributed by atoms with Crippen LogP contribution in [-0.2, 0) is 16.0 Å². The van der Waals surface area contributed by atoms with Gasteiger partial charge in [0, 0.05) is 53.9 Å². The van der Waals surface area contributed by atoms with Crippen LogP contribution in [0.15, 0.2) is 47.6 Å². The SMILES string of the molecule is Cl.O=C(Cc1cccc(N(CCCN2CCOCC2)C(=O)O)c1)N1CCC(c2cc(Cl)ccc2Cl)=N1. The molecule has 2 aromatic carbocycles. The van der Waals surface area contributed by atoms with Gasteiger partial charge in [-0.1, -0.05) is 35.3 Å². The smallest absolute Gasteiger partial charge is 0.411 e. The number of rotatable bonds is 8. The standard InChI is InChI=1S/C25H28Cl2N4O4.ClH/c26-19-5-6-22(27)21(17-19)23-7-10-31(28-23)24(32)16-18-3-1-4-20(15-18)30(25(33)34)9-2-8-29-11-13-35-14-12-29;/h1,3-6,15,17H,2,7-14,16H2,(H,33,34);1H. The quantitative estimate of drug-likeness (QED) is 0.506. The molecule has 194 valence electrons. The lowest BCUT2D eigenvalue weighted by Crippen LogP contribution is -2.39. The van der Waals surface area contributed by atoms with E-state index in [-0.39, 0.29) is 24.7 Å². The number of carboxylic acid groups (broad SMARTS) is 1. The Labute approximate surface area is 226 Å². The molecule has 0 radical (unpaired) electrons. The summed E-state index contributed by atoms with van der Waals surface area (Å²) >= 11 is 12.4. The Morgan fingerprint density at radius 2 is 1.86 bits per heavy atom. The van der Waals surface area contributed by atoms with Gasteiger partial charge in [-0.25, -0.2) is 9.80 Å². The number of hydrogen-bond acceptors (Lipinski definition) is 5. The van der Waals surface area contributed by atoms with E-state index in [1.807, 2.05) is 6.07 Å². The molecule has 2 aromatic rings. The van der Waals surface area contributed by atoms with Crippen LogP contribution in [-0.4, -0.2) is 78.7 Å². The van der Waals surface area contributed by atoms with Crippen molar-refractivity contribution >= 4 is 59.0 Å². The molecule has 0 aromatic heterocycles. The third-order valence-electron chi connectivity index (χ3n) is 6.10. The normalized spacial score (nSPS) is 15.8. The molecule has 1 fully saturated rings. The minimum Gasteiger partial charge on any atom is -0.465 e. The number of hydrogen-bond donors (Lipinski definition) is 1. The molecular formula is C25H29Cl3N4O4. The summed E-state index contributed by atoms with van der Waals surface area (Å²) in [5.74, 6) is -0.163. The van der Waals surface area contributed by atoms with Crippen LogP contribution >= 0.6 is 35.6 Å². The maximum Gasteiger partial charge on any atom is 0.411 e. The van der Waals surface area contributed by atoms with E-state index in [2.05, 4.69) is 10.0 Å². The predicted octanol–water partition coefficient (Wildman–Crippen LogP) is 4.80. The van der Waals surface area contributed by atoms with E-state index >= 15 is 0 Å². The van der Waals surface area contributed by atoms with Crippen molar-refractivity contribution in [3.63, 3.8) is 0 Å². The van der Waals surface area contributed by atoms with E-state index in [0.29, 0.717) is 54.9 Å². The molecule has 11 heteroatoms. The Morgan fingerprint density at radius 3 is 2.61 bits per heavy atom. The first-order valence-corrected chi connectivity index (χ1v) is 12.4. The van der Waals surface area contributed by atoms with Crippen LogP contribution in [0.25, 0.3) is 0 Å². The molecule has 2 heterocycles. The Balaban J connectivity index is 0.00000361. The first-order valence-electron chi connectivity index (χ1n) is 11.6. The van der Waals surface area contributed by atoms with Gasteiger partial charge in [-0.3, -0.25) is 14.6 Å². The molecule has 1 N–H and O–H groups in total. The molecule has 0 bridgehead atoms. The number of carbonyl (C=O) groups excluding carboxylic acids is 1. The molecule has 2 amide bonds. The van der Waals surface area contributed by atoms with Crippen molar-refractivity contribution in [3.05, 3.63) is 63.6 Å². The predicted molar refractivity (Wildman–Crippen MR) is 144 cm³/mol. The zero-order chi connectivity index (χ0) is 24.8. The fraction of sp³-hybridized carbons (Fsp3) is 0.400. The van der Waals surface area contributed by atoms with E-state index in [1.54, 1.807) is 36.4 Å². The van der Waals surface area contributed by atoms with Crippen LogP contribution < -0.4 is 4.90 Å². The monoisotopic (exact) mass is 554 g/mol. The molecule has 8 nitrogen and oxygen atoms in total. The third kappa shape index (κ3) is 7.33. The summed E-state index contributed by atoms with van der Waals surface area (Å²) in [6.07, 6.45) is 0.409. The van der Waals surface area contributed by atoms with Crippen molar-refractivity contribution in [1.29, 1.82) is 0 Å². The molecule has 2 aliphatic rings. The lowest BCUT2D eigenvalue weighted by molar-refractivity contribution is -0.130. The summed E-state index contributed by atoms with van der Waals surface area (Å²) in [5.41, 5.74) is 2.74. The van der Waals surface area contributed by atoms with Gasteiger partial charge in [-0.2, -0.15) is 5.10 Å². The minimum absolute atomic E-state index is 0. The van der Waals surface area contributed by atoms with Gasteiger partial charge >= 0.3 is 6.09 Å². The van der Waals surface area contributed by atoms with Gasteiger partial charge in [0.15, 0.2) is 0 Å². The zero-order valence-electron chi connectivity index (χ0n) is 19.7. The zero-order valence-corrected chi connectivity index (χ0v) is 22.1. The van der Waals surface area contributed by atoms with Gasteiger partial charge in [0.25, 0.3) is 0 Å². The number of amides is 2. The molecule has 36 heavy (non-hydrogen) atoms. The number of anilines is 1. The van der Waals surface area contributed by atoms with Crippen molar-refractivity contribution in [1.82, 2.24) is 9.91 Å². The second kappa shape index (κ2) is 13.3. The molecule has 4 rings (SSSR count). The number of morpholine rings is 1. The first-order chi connectivity index (χ1) is 16.9. The van der Waals surface area contributed by atoms with Crippen LogP contribution in [0.5, 0.6) is 0 Å². The summed E-state index contributed by atoms with van der Waals surface area (Å²) in [6, 6.07) is 12.3. The van der Waals surface area contributed by atoms with Crippen molar-refractivity contribution in [2.45, 2.75) is 19.3 Å². The maximum absolute atomic E-state index is 12.9.